The van der Waals surface area contributed by atoms with E-state index in [2.05, 4.69) is 4.72 Å². The lowest BCUT2D eigenvalue weighted by Crippen LogP contribution is -2.35. The van der Waals surface area contributed by atoms with E-state index in [4.69, 9.17) is 21.8 Å². The lowest BCUT2D eigenvalue weighted by molar-refractivity contribution is 0.0697. The van der Waals surface area contributed by atoms with Gasteiger partial charge in [0.15, 0.2) is 0 Å². The quantitative estimate of drug-likeness (QED) is 0.741. The van der Waals surface area contributed by atoms with E-state index >= 15 is 0 Å². The summed E-state index contributed by atoms with van der Waals surface area (Å²) >= 11 is 5.68. The molecule has 0 fully saturated rings. The van der Waals surface area contributed by atoms with Gasteiger partial charge in [0.25, 0.3) is 0 Å². The molecule has 0 aliphatic carbocycles. The molecule has 0 heterocycles. The minimum Gasteiger partial charge on any atom is -0.478 e. The Bertz CT molecular complexity index is 557. The van der Waals surface area contributed by atoms with Crippen molar-refractivity contribution in [3.8, 4) is 0 Å². The van der Waals surface area contributed by atoms with Crippen molar-refractivity contribution in [2.24, 2.45) is 0 Å². The fourth-order valence-electron chi connectivity index (χ4n) is 1.21. The highest BCUT2D eigenvalue weighted by molar-refractivity contribution is 7.89. The second-order valence-electron chi connectivity index (χ2n) is 3.65. The average molecular weight is 294 g/mol. The van der Waals surface area contributed by atoms with E-state index in [0.29, 0.717) is 0 Å². The Morgan fingerprint density at radius 1 is 1.50 bits per heavy atom. The zero-order valence-electron chi connectivity index (χ0n) is 9.42. The van der Waals surface area contributed by atoms with Gasteiger partial charge in [0, 0.05) is 6.04 Å². The Labute approximate surface area is 109 Å². The van der Waals surface area contributed by atoms with Crippen molar-refractivity contribution in [2.75, 3.05) is 6.61 Å². The Balaban J connectivity index is 3.12. The second kappa shape index (κ2) is 5.66. The normalized spacial score (nSPS) is 13.3. The van der Waals surface area contributed by atoms with Gasteiger partial charge in [-0.3, -0.25) is 0 Å². The number of carboxylic acid groups (broad SMARTS) is 1. The van der Waals surface area contributed by atoms with Gasteiger partial charge < -0.3 is 10.2 Å². The van der Waals surface area contributed by atoms with E-state index in [1.165, 1.54) is 6.92 Å². The Morgan fingerprint density at radius 3 is 2.56 bits per heavy atom. The maximum atomic E-state index is 11.8. The number of aliphatic hydroxyl groups is 1. The van der Waals surface area contributed by atoms with Gasteiger partial charge >= 0.3 is 5.97 Å². The first-order chi connectivity index (χ1) is 8.27. The third kappa shape index (κ3) is 3.42. The van der Waals surface area contributed by atoms with Gasteiger partial charge in [0.2, 0.25) is 10.0 Å². The van der Waals surface area contributed by atoms with Gasteiger partial charge in [-0.1, -0.05) is 11.6 Å². The number of sulfonamides is 1. The SMILES string of the molecule is CC(CO)NS(=O)(=O)c1ccc(C(=O)O)c(Cl)c1. The summed E-state index contributed by atoms with van der Waals surface area (Å²) in [4.78, 5) is 10.6. The highest BCUT2D eigenvalue weighted by Gasteiger charge is 2.19. The predicted octanol–water partition coefficient (Wildman–Crippen LogP) is 0.697. The molecule has 3 N–H and O–H groups in total. The zero-order chi connectivity index (χ0) is 13.9. The van der Waals surface area contributed by atoms with Crippen LogP contribution in [0.25, 0.3) is 0 Å². The summed E-state index contributed by atoms with van der Waals surface area (Å²) in [5.74, 6) is -1.24. The number of carbonyl (C=O) groups is 1. The highest BCUT2D eigenvalue weighted by atomic mass is 35.5. The monoisotopic (exact) mass is 293 g/mol. The summed E-state index contributed by atoms with van der Waals surface area (Å²) in [6, 6.07) is 2.66. The largest absolute Gasteiger partial charge is 0.478 e. The average Bonchev–Trinajstić information content (AvgIpc) is 2.27. The molecule has 1 aromatic rings. The van der Waals surface area contributed by atoms with Crippen LogP contribution in [0.4, 0.5) is 0 Å². The van der Waals surface area contributed by atoms with Crippen LogP contribution >= 0.6 is 11.6 Å². The molecule has 0 aliphatic heterocycles. The van der Waals surface area contributed by atoms with E-state index < -0.39 is 22.0 Å². The summed E-state index contributed by atoms with van der Waals surface area (Å²) in [5, 5.41) is 17.4. The van der Waals surface area contributed by atoms with Crippen molar-refractivity contribution in [3.05, 3.63) is 28.8 Å². The molecule has 18 heavy (non-hydrogen) atoms. The van der Waals surface area contributed by atoms with Gasteiger partial charge in [-0.25, -0.2) is 17.9 Å². The molecule has 100 valence electrons. The van der Waals surface area contributed by atoms with Crippen LogP contribution in [0.3, 0.4) is 0 Å². The molecule has 0 bridgehead atoms. The van der Waals surface area contributed by atoms with Crippen LogP contribution in [0.15, 0.2) is 23.1 Å². The first-order valence-corrected chi connectivity index (χ1v) is 6.80. The molecule has 1 aromatic carbocycles. The molecular formula is C10H12ClNO5S. The standard InChI is InChI=1S/C10H12ClNO5S/c1-6(5-13)12-18(16,17)7-2-3-8(10(14)15)9(11)4-7/h2-4,6,12-13H,5H2,1H3,(H,14,15). The van der Waals surface area contributed by atoms with E-state index in [1.54, 1.807) is 0 Å². The number of carboxylic acids is 1. The van der Waals surface area contributed by atoms with Crippen molar-refractivity contribution in [1.29, 1.82) is 0 Å². The Morgan fingerprint density at radius 2 is 2.11 bits per heavy atom. The number of halogens is 1. The first-order valence-electron chi connectivity index (χ1n) is 4.94. The van der Waals surface area contributed by atoms with E-state index in [0.717, 1.165) is 18.2 Å². The molecule has 0 saturated carbocycles. The van der Waals surface area contributed by atoms with Gasteiger partial charge in [-0.05, 0) is 25.1 Å². The Hall–Kier alpha value is -1.15. The van der Waals surface area contributed by atoms with E-state index in [9.17, 15) is 13.2 Å². The molecule has 0 spiro atoms. The molecule has 1 unspecified atom stereocenters. The molecule has 0 aliphatic rings. The lowest BCUT2D eigenvalue weighted by Gasteiger charge is -2.12. The Kier molecular flexibility index (Phi) is 4.69. The van der Waals surface area contributed by atoms with Crippen molar-refractivity contribution in [2.45, 2.75) is 17.9 Å². The summed E-state index contributed by atoms with van der Waals surface area (Å²) in [6.07, 6.45) is 0. The number of hydrogen-bond acceptors (Lipinski definition) is 4. The fraction of sp³-hybridized carbons (Fsp3) is 0.300. The van der Waals surface area contributed by atoms with Crippen molar-refractivity contribution in [1.82, 2.24) is 4.72 Å². The molecule has 0 amide bonds. The molecule has 6 nitrogen and oxygen atoms in total. The van der Waals surface area contributed by atoms with Crippen LogP contribution in [0.2, 0.25) is 5.02 Å². The maximum absolute atomic E-state index is 11.8. The molecule has 8 heteroatoms. The third-order valence-electron chi connectivity index (χ3n) is 2.11. The molecule has 1 atom stereocenters. The van der Waals surface area contributed by atoms with Crippen LogP contribution in [0.5, 0.6) is 0 Å². The number of benzene rings is 1. The van der Waals surface area contributed by atoms with Crippen LogP contribution in [0, 0.1) is 0 Å². The summed E-state index contributed by atoms with van der Waals surface area (Å²) in [5.41, 5.74) is -0.175. The second-order valence-corrected chi connectivity index (χ2v) is 5.77. The minimum absolute atomic E-state index is 0.155. The summed E-state index contributed by atoms with van der Waals surface area (Å²) in [6.45, 7) is 1.14. The van der Waals surface area contributed by atoms with Crippen molar-refractivity contribution < 1.29 is 23.4 Å². The van der Waals surface area contributed by atoms with Crippen LogP contribution < -0.4 is 4.72 Å². The molecule has 1 rings (SSSR count). The van der Waals surface area contributed by atoms with Crippen molar-refractivity contribution in [3.63, 3.8) is 0 Å². The number of aromatic carboxylic acids is 1. The topological polar surface area (TPSA) is 104 Å². The molecule has 0 aromatic heterocycles. The van der Waals surface area contributed by atoms with Gasteiger partial charge in [-0.2, -0.15) is 0 Å². The molecule has 0 saturated heterocycles. The van der Waals surface area contributed by atoms with Crippen LogP contribution in [-0.2, 0) is 10.0 Å². The van der Waals surface area contributed by atoms with E-state index in [-0.39, 0.29) is 22.1 Å². The number of aliphatic hydroxyl groups excluding tert-OH is 1. The lowest BCUT2D eigenvalue weighted by atomic mass is 10.2. The maximum Gasteiger partial charge on any atom is 0.337 e. The predicted molar refractivity (Wildman–Crippen MR) is 65.3 cm³/mol. The van der Waals surface area contributed by atoms with Gasteiger partial charge in [0.05, 0.1) is 22.1 Å². The fourth-order valence-corrected chi connectivity index (χ4v) is 2.79. The third-order valence-corrected chi connectivity index (χ3v) is 4.01. The first kappa shape index (κ1) is 14.9. The van der Waals surface area contributed by atoms with Crippen LogP contribution in [-0.4, -0.2) is 37.2 Å². The molecule has 0 radical (unpaired) electrons. The highest BCUT2D eigenvalue weighted by Crippen LogP contribution is 2.21. The summed E-state index contributed by atoms with van der Waals surface area (Å²) in [7, 11) is -3.82. The van der Waals surface area contributed by atoms with E-state index in [1.807, 2.05) is 0 Å². The van der Waals surface area contributed by atoms with Crippen LogP contribution in [0.1, 0.15) is 17.3 Å². The number of hydrogen-bond donors (Lipinski definition) is 3. The van der Waals surface area contributed by atoms with Gasteiger partial charge in [-0.15, -0.1) is 0 Å². The number of nitrogens with one attached hydrogen (secondary N) is 1. The zero-order valence-corrected chi connectivity index (χ0v) is 11.0. The van der Waals surface area contributed by atoms with Crippen molar-refractivity contribution >= 4 is 27.6 Å². The summed E-state index contributed by atoms with van der Waals surface area (Å²) < 4.78 is 25.8. The van der Waals surface area contributed by atoms with Gasteiger partial charge in [0.1, 0.15) is 0 Å². The molecular weight excluding hydrogens is 282 g/mol. The minimum atomic E-state index is -3.82. The number of rotatable bonds is 5. The smallest absolute Gasteiger partial charge is 0.337 e.